The summed E-state index contributed by atoms with van der Waals surface area (Å²) in [5.74, 6) is 1.48. The van der Waals surface area contributed by atoms with Crippen molar-refractivity contribution in [2.45, 2.75) is 26.3 Å². The standard InChI is InChI=1S/C18H28FN3O2/c1-4-20-18(21-9-10-24-13-14-5-6-14)22(2)12-15-7-8-17(23-3)16(19)11-15/h7-8,11,14H,4-6,9-10,12-13H2,1-3H3,(H,20,21). The summed E-state index contributed by atoms with van der Waals surface area (Å²) < 4.78 is 24.4. The van der Waals surface area contributed by atoms with E-state index in [9.17, 15) is 4.39 Å². The summed E-state index contributed by atoms with van der Waals surface area (Å²) in [6.45, 7) is 5.48. The molecule has 1 fully saturated rings. The van der Waals surface area contributed by atoms with E-state index in [1.54, 1.807) is 6.07 Å². The zero-order chi connectivity index (χ0) is 17.4. The molecule has 134 valence electrons. The average molecular weight is 337 g/mol. The van der Waals surface area contributed by atoms with E-state index in [2.05, 4.69) is 10.3 Å². The molecule has 6 heteroatoms. The van der Waals surface area contributed by atoms with Gasteiger partial charge in [0.1, 0.15) is 0 Å². The number of hydrogen-bond acceptors (Lipinski definition) is 3. The molecule has 0 saturated heterocycles. The Labute approximate surface area is 143 Å². The zero-order valence-electron chi connectivity index (χ0n) is 14.8. The van der Waals surface area contributed by atoms with Gasteiger partial charge in [-0.15, -0.1) is 0 Å². The van der Waals surface area contributed by atoms with Crippen LogP contribution in [0.5, 0.6) is 5.75 Å². The first-order chi connectivity index (χ1) is 11.6. The van der Waals surface area contributed by atoms with E-state index in [0.717, 1.165) is 30.6 Å². The first kappa shape index (κ1) is 18.5. The van der Waals surface area contributed by atoms with Gasteiger partial charge >= 0.3 is 0 Å². The number of methoxy groups -OCH3 is 1. The fraction of sp³-hybridized carbons (Fsp3) is 0.611. The molecule has 0 radical (unpaired) electrons. The summed E-state index contributed by atoms with van der Waals surface area (Å²) in [4.78, 5) is 6.55. The topological polar surface area (TPSA) is 46.1 Å². The molecule has 24 heavy (non-hydrogen) atoms. The molecule has 5 nitrogen and oxygen atoms in total. The molecule has 0 heterocycles. The molecule has 0 aromatic heterocycles. The Morgan fingerprint density at radius 2 is 2.21 bits per heavy atom. The van der Waals surface area contributed by atoms with Crippen molar-refractivity contribution in [2.75, 3.05) is 40.5 Å². The van der Waals surface area contributed by atoms with Gasteiger partial charge in [-0.3, -0.25) is 4.99 Å². The van der Waals surface area contributed by atoms with Gasteiger partial charge in [0.05, 0.1) is 20.3 Å². The number of nitrogens with one attached hydrogen (secondary N) is 1. The molecule has 0 spiro atoms. The maximum absolute atomic E-state index is 13.8. The van der Waals surface area contributed by atoms with E-state index in [1.165, 1.54) is 26.0 Å². The second-order valence-corrected chi connectivity index (χ2v) is 6.08. The lowest BCUT2D eigenvalue weighted by Gasteiger charge is -2.22. The van der Waals surface area contributed by atoms with Crippen LogP contribution >= 0.6 is 0 Å². The van der Waals surface area contributed by atoms with Gasteiger partial charge in [0, 0.05) is 26.7 Å². The third kappa shape index (κ3) is 6.00. The molecule has 2 rings (SSSR count). The Kier molecular flexibility index (Phi) is 7.31. The lowest BCUT2D eigenvalue weighted by molar-refractivity contribution is 0.131. The molecule has 0 unspecified atom stereocenters. The van der Waals surface area contributed by atoms with E-state index in [0.29, 0.717) is 19.7 Å². The molecule has 0 amide bonds. The highest BCUT2D eigenvalue weighted by atomic mass is 19.1. The SMILES string of the molecule is CCNC(=NCCOCC1CC1)N(C)Cc1ccc(OC)c(F)c1. The summed E-state index contributed by atoms with van der Waals surface area (Å²) in [6.07, 6.45) is 2.60. The lowest BCUT2D eigenvalue weighted by Crippen LogP contribution is -2.38. The third-order valence-electron chi connectivity index (χ3n) is 3.88. The van der Waals surface area contributed by atoms with E-state index < -0.39 is 0 Å². The number of ether oxygens (including phenoxy) is 2. The maximum atomic E-state index is 13.8. The summed E-state index contributed by atoms with van der Waals surface area (Å²) in [7, 11) is 3.40. The second kappa shape index (κ2) is 9.47. The molecule has 1 saturated carbocycles. The van der Waals surface area contributed by atoms with E-state index in [1.807, 2.05) is 24.9 Å². The predicted molar refractivity (Wildman–Crippen MR) is 93.9 cm³/mol. The van der Waals surface area contributed by atoms with Crippen LogP contribution in [0.2, 0.25) is 0 Å². The third-order valence-corrected chi connectivity index (χ3v) is 3.88. The van der Waals surface area contributed by atoms with Crippen LogP contribution in [-0.2, 0) is 11.3 Å². The van der Waals surface area contributed by atoms with Gasteiger partial charge in [0.2, 0.25) is 0 Å². The van der Waals surface area contributed by atoms with Gasteiger partial charge in [0.25, 0.3) is 0 Å². The van der Waals surface area contributed by atoms with Crippen molar-refractivity contribution in [1.29, 1.82) is 0 Å². The highest BCUT2D eigenvalue weighted by Crippen LogP contribution is 2.28. The van der Waals surface area contributed by atoms with Gasteiger partial charge in [-0.05, 0) is 43.4 Å². The van der Waals surface area contributed by atoms with Gasteiger partial charge in [0.15, 0.2) is 17.5 Å². The number of guanidine groups is 1. The van der Waals surface area contributed by atoms with Gasteiger partial charge in [-0.2, -0.15) is 0 Å². The Bertz CT molecular complexity index is 547. The van der Waals surface area contributed by atoms with Crippen molar-refractivity contribution >= 4 is 5.96 Å². The highest BCUT2D eigenvalue weighted by Gasteiger charge is 2.20. The van der Waals surface area contributed by atoms with Crippen LogP contribution in [-0.4, -0.2) is 51.3 Å². The minimum Gasteiger partial charge on any atom is -0.494 e. The van der Waals surface area contributed by atoms with Gasteiger partial charge in [-0.25, -0.2) is 4.39 Å². The molecule has 1 aliphatic rings. The summed E-state index contributed by atoms with van der Waals surface area (Å²) in [5, 5.41) is 3.25. The Morgan fingerprint density at radius 3 is 2.83 bits per heavy atom. The lowest BCUT2D eigenvalue weighted by atomic mass is 10.2. The molecule has 1 aromatic rings. The van der Waals surface area contributed by atoms with Crippen LogP contribution < -0.4 is 10.1 Å². The molecule has 1 aliphatic carbocycles. The van der Waals surface area contributed by atoms with Crippen molar-refractivity contribution in [2.24, 2.45) is 10.9 Å². The van der Waals surface area contributed by atoms with Crippen molar-refractivity contribution < 1.29 is 13.9 Å². The molecule has 0 bridgehead atoms. The summed E-state index contributed by atoms with van der Waals surface area (Å²) in [5.41, 5.74) is 0.867. The number of aliphatic imine (C=N–C) groups is 1. The van der Waals surface area contributed by atoms with Crippen LogP contribution in [0.1, 0.15) is 25.3 Å². The fourth-order valence-corrected chi connectivity index (χ4v) is 2.38. The predicted octanol–water partition coefficient (Wildman–Crippen LogP) is 2.66. The first-order valence-corrected chi connectivity index (χ1v) is 8.53. The van der Waals surface area contributed by atoms with Crippen molar-refractivity contribution in [1.82, 2.24) is 10.2 Å². The largest absolute Gasteiger partial charge is 0.494 e. The van der Waals surface area contributed by atoms with E-state index >= 15 is 0 Å². The zero-order valence-corrected chi connectivity index (χ0v) is 14.8. The van der Waals surface area contributed by atoms with Crippen LogP contribution in [0.25, 0.3) is 0 Å². The van der Waals surface area contributed by atoms with Gasteiger partial charge in [-0.1, -0.05) is 6.07 Å². The highest BCUT2D eigenvalue weighted by molar-refractivity contribution is 5.79. The van der Waals surface area contributed by atoms with Crippen LogP contribution in [0.4, 0.5) is 4.39 Å². The van der Waals surface area contributed by atoms with E-state index in [-0.39, 0.29) is 11.6 Å². The molecule has 0 aliphatic heterocycles. The number of benzene rings is 1. The minimum absolute atomic E-state index is 0.259. The van der Waals surface area contributed by atoms with Crippen molar-refractivity contribution in [3.63, 3.8) is 0 Å². The molecular weight excluding hydrogens is 309 g/mol. The van der Waals surface area contributed by atoms with Crippen LogP contribution in [0.3, 0.4) is 0 Å². The quantitative estimate of drug-likeness (QED) is 0.427. The van der Waals surface area contributed by atoms with Gasteiger partial charge < -0.3 is 19.7 Å². The maximum Gasteiger partial charge on any atom is 0.194 e. The Morgan fingerprint density at radius 1 is 1.42 bits per heavy atom. The van der Waals surface area contributed by atoms with Crippen molar-refractivity contribution in [3.05, 3.63) is 29.6 Å². The second-order valence-electron chi connectivity index (χ2n) is 6.08. The Hall–Kier alpha value is -1.82. The number of rotatable bonds is 9. The summed E-state index contributed by atoms with van der Waals surface area (Å²) in [6, 6.07) is 5.01. The molecular formula is C18H28FN3O2. The minimum atomic E-state index is -0.348. The molecule has 1 aromatic carbocycles. The first-order valence-electron chi connectivity index (χ1n) is 8.53. The molecule has 1 N–H and O–H groups in total. The van der Waals surface area contributed by atoms with E-state index in [4.69, 9.17) is 9.47 Å². The fourth-order valence-electron chi connectivity index (χ4n) is 2.38. The Balaban J connectivity index is 1.86. The average Bonchev–Trinajstić information content (AvgIpc) is 3.38. The summed E-state index contributed by atoms with van der Waals surface area (Å²) >= 11 is 0. The normalized spacial score (nSPS) is 14.6. The molecule has 0 atom stereocenters. The van der Waals surface area contributed by atoms with Crippen LogP contribution in [0, 0.1) is 11.7 Å². The number of halogens is 1. The van der Waals surface area contributed by atoms with Crippen LogP contribution in [0.15, 0.2) is 23.2 Å². The number of hydrogen-bond donors (Lipinski definition) is 1. The smallest absolute Gasteiger partial charge is 0.194 e. The number of nitrogens with zero attached hydrogens (tertiary/aromatic N) is 2. The monoisotopic (exact) mass is 337 g/mol. The van der Waals surface area contributed by atoms with Crippen molar-refractivity contribution in [3.8, 4) is 5.75 Å².